The van der Waals surface area contributed by atoms with E-state index >= 15 is 0 Å². The number of aromatic nitrogens is 1. The van der Waals surface area contributed by atoms with E-state index in [1.54, 1.807) is 18.2 Å². The van der Waals surface area contributed by atoms with Gasteiger partial charge in [0.05, 0.1) is 10.2 Å². The van der Waals surface area contributed by atoms with Crippen molar-refractivity contribution in [3.05, 3.63) is 107 Å². The molecular formula is C24H17NO2S. The summed E-state index contributed by atoms with van der Waals surface area (Å²) in [7, 11) is 0. The van der Waals surface area contributed by atoms with Gasteiger partial charge in [0.15, 0.2) is 10.8 Å². The van der Waals surface area contributed by atoms with Crippen LogP contribution in [-0.4, -0.2) is 16.6 Å². The van der Waals surface area contributed by atoms with E-state index in [0.29, 0.717) is 16.1 Å². The van der Waals surface area contributed by atoms with Crippen molar-refractivity contribution < 1.29 is 9.59 Å². The molecule has 4 rings (SSSR count). The summed E-state index contributed by atoms with van der Waals surface area (Å²) in [6.07, 6.45) is 1.71. The number of carbonyl (C=O) groups is 2. The molecule has 28 heavy (non-hydrogen) atoms. The van der Waals surface area contributed by atoms with Crippen LogP contribution < -0.4 is 0 Å². The third-order valence-electron chi connectivity index (χ3n) is 4.40. The molecule has 0 fully saturated rings. The second-order valence-corrected chi connectivity index (χ2v) is 7.38. The van der Waals surface area contributed by atoms with Crippen LogP contribution in [0, 0.1) is 0 Å². The summed E-state index contributed by atoms with van der Waals surface area (Å²) >= 11 is 1.37. The molecule has 0 bridgehead atoms. The number of para-hydroxylation sites is 1. The number of hydrogen-bond acceptors (Lipinski definition) is 4. The van der Waals surface area contributed by atoms with E-state index in [0.717, 1.165) is 15.8 Å². The zero-order chi connectivity index (χ0) is 19.3. The number of ketones is 2. The predicted molar refractivity (Wildman–Crippen MR) is 114 cm³/mol. The Kier molecular flexibility index (Phi) is 5.22. The van der Waals surface area contributed by atoms with Crippen molar-refractivity contribution in [1.82, 2.24) is 4.98 Å². The summed E-state index contributed by atoms with van der Waals surface area (Å²) in [5.74, 6) is -0.200. The van der Waals surface area contributed by atoms with Gasteiger partial charge in [0, 0.05) is 12.0 Å². The fraction of sp³-hybridized carbons (Fsp3) is 0.0417. The predicted octanol–water partition coefficient (Wildman–Crippen LogP) is 5.84. The smallest absolute Gasteiger partial charge is 0.214 e. The zero-order valence-corrected chi connectivity index (χ0v) is 15.9. The molecule has 0 amide bonds. The highest BCUT2D eigenvalue weighted by Crippen LogP contribution is 2.25. The summed E-state index contributed by atoms with van der Waals surface area (Å²) in [4.78, 5) is 30.0. The molecule has 0 aliphatic carbocycles. The van der Waals surface area contributed by atoms with Gasteiger partial charge in [-0.2, -0.15) is 0 Å². The Morgan fingerprint density at radius 1 is 0.786 bits per heavy atom. The minimum Gasteiger partial charge on any atom is -0.294 e. The second kappa shape index (κ2) is 8.11. The molecule has 0 aliphatic heterocycles. The first kappa shape index (κ1) is 18.0. The molecule has 136 valence electrons. The fourth-order valence-corrected chi connectivity index (χ4v) is 3.86. The molecular weight excluding hydrogens is 366 g/mol. The van der Waals surface area contributed by atoms with Crippen molar-refractivity contribution in [2.24, 2.45) is 0 Å². The first-order valence-electron chi connectivity index (χ1n) is 8.95. The quantitative estimate of drug-likeness (QED) is 0.311. The number of Topliss-reactive ketones (excluding diaryl/α,β-unsaturated/α-hetero) is 1. The van der Waals surface area contributed by atoms with Crippen LogP contribution in [0.2, 0.25) is 0 Å². The molecule has 0 N–H and O–H groups in total. The molecule has 0 radical (unpaired) electrons. The molecule has 3 aromatic carbocycles. The number of thiazole rings is 1. The van der Waals surface area contributed by atoms with Crippen LogP contribution in [-0.2, 0) is 0 Å². The Morgan fingerprint density at radius 3 is 2.07 bits per heavy atom. The first-order chi connectivity index (χ1) is 13.7. The lowest BCUT2D eigenvalue weighted by Crippen LogP contribution is -2.03. The van der Waals surface area contributed by atoms with Crippen molar-refractivity contribution in [2.75, 3.05) is 0 Å². The lowest BCUT2D eigenvalue weighted by molar-refractivity contribution is 0.0998. The minimum atomic E-state index is -0.180. The van der Waals surface area contributed by atoms with E-state index in [1.807, 2.05) is 72.8 Å². The third-order valence-corrected chi connectivity index (χ3v) is 5.45. The molecule has 3 nitrogen and oxygen atoms in total. The number of benzene rings is 3. The largest absolute Gasteiger partial charge is 0.294 e. The van der Waals surface area contributed by atoms with Crippen LogP contribution in [0.4, 0.5) is 0 Å². The van der Waals surface area contributed by atoms with Gasteiger partial charge in [-0.05, 0) is 29.3 Å². The maximum Gasteiger partial charge on any atom is 0.214 e. The molecule has 1 aromatic heterocycles. The highest BCUT2D eigenvalue weighted by molar-refractivity contribution is 7.20. The van der Waals surface area contributed by atoms with E-state index in [-0.39, 0.29) is 18.0 Å². The SMILES string of the molecule is O=C(CC(=CC(=O)c1nc2ccccc2s1)c1ccccc1)c1ccccc1. The van der Waals surface area contributed by atoms with Gasteiger partial charge in [0.2, 0.25) is 5.78 Å². The average Bonchev–Trinajstić information content (AvgIpc) is 3.19. The monoisotopic (exact) mass is 383 g/mol. The summed E-state index contributed by atoms with van der Waals surface area (Å²) < 4.78 is 0.973. The Hall–Kier alpha value is -3.37. The van der Waals surface area contributed by atoms with Crippen LogP contribution in [0.25, 0.3) is 15.8 Å². The molecule has 0 atom stereocenters. The van der Waals surface area contributed by atoms with Gasteiger partial charge in [-0.25, -0.2) is 4.98 Å². The standard InChI is InChI=1S/C24H17NO2S/c26-21(18-11-5-2-6-12-18)15-19(17-9-3-1-4-10-17)16-22(27)24-25-20-13-7-8-14-23(20)28-24/h1-14,16H,15H2. The zero-order valence-electron chi connectivity index (χ0n) is 15.0. The van der Waals surface area contributed by atoms with Crippen LogP contribution in [0.5, 0.6) is 0 Å². The number of fused-ring (bicyclic) bond motifs is 1. The average molecular weight is 383 g/mol. The summed E-state index contributed by atoms with van der Waals surface area (Å²) in [6.45, 7) is 0. The van der Waals surface area contributed by atoms with Gasteiger partial charge in [-0.1, -0.05) is 72.8 Å². The lowest BCUT2D eigenvalue weighted by atomic mass is 9.96. The van der Waals surface area contributed by atoms with Crippen molar-refractivity contribution >= 4 is 38.7 Å². The Bertz CT molecular complexity index is 1130. The van der Waals surface area contributed by atoms with Gasteiger partial charge >= 0.3 is 0 Å². The first-order valence-corrected chi connectivity index (χ1v) is 9.76. The number of hydrogen-bond donors (Lipinski definition) is 0. The maximum absolute atomic E-state index is 12.9. The summed E-state index contributed by atoms with van der Waals surface area (Å²) in [5, 5.41) is 0.432. The third kappa shape index (κ3) is 3.97. The van der Waals surface area contributed by atoms with Crippen LogP contribution in [0.1, 0.15) is 32.1 Å². The highest BCUT2D eigenvalue weighted by Gasteiger charge is 2.15. The van der Waals surface area contributed by atoms with Gasteiger partial charge in [-0.15, -0.1) is 11.3 Å². The Morgan fingerprint density at radius 2 is 1.39 bits per heavy atom. The van der Waals surface area contributed by atoms with E-state index in [9.17, 15) is 9.59 Å². The van der Waals surface area contributed by atoms with Gasteiger partial charge in [0.1, 0.15) is 0 Å². The number of carbonyl (C=O) groups excluding carboxylic acids is 2. The molecule has 4 aromatic rings. The summed E-state index contributed by atoms with van der Waals surface area (Å²) in [6, 6.07) is 26.4. The molecule has 0 saturated carbocycles. The van der Waals surface area contributed by atoms with Crippen molar-refractivity contribution in [2.45, 2.75) is 6.42 Å². The summed E-state index contributed by atoms with van der Waals surface area (Å²) in [5.41, 5.74) is 3.00. The second-order valence-electron chi connectivity index (χ2n) is 6.35. The highest BCUT2D eigenvalue weighted by atomic mass is 32.1. The minimum absolute atomic E-state index is 0.0206. The molecule has 1 heterocycles. The van der Waals surface area contributed by atoms with E-state index in [4.69, 9.17) is 0 Å². The number of nitrogens with zero attached hydrogens (tertiary/aromatic N) is 1. The van der Waals surface area contributed by atoms with Crippen LogP contribution in [0.3, 0.4) is 0 Å². The molecule has 0 unspecified atom stereocenters. The molecule has 4 heteroatoms. The van der Waals surface area contributed by atoms with Gasteiger partial charge in [0.25, 0.3) is 0 Å². The molecule has 0 spiro atoms. The Balaban J connectivity index is 1.68. The van der Waals surface area contributed by atoms with Gasteiger partial charge < -0.3 is 0 Å². The topological polar surface area (TPSA) is 47.0 Å². The van der Waals surface area contributed by atoms with Crippen LogP contribution in [0.15, 0.2) is 91.0 Å². The fourth-order valence-electron chi connectivity index (χ4n) is 2.99. The molecule has 0 saturated heterocycles. The maximum atomic E-state index is 12.9. The van der Waals surface area contributed by atoms with E-state index < -0.39 is 0 Å². The van der Waals surface area contributed by atoms with E-state index in [1.165, 1.54) is 11.3 Å². The van der Waals surface area contributed by atoms with Crippen molar-refractivity contribution in [1.29, 1.82) is 0 Å². The Labute approximate surface area is 167 Å². The number of allylic oxidation sites excluding steroid dienone is 2. The lowest BCUT2D eigenvalue weighted by Gasteiger charge is -2.07. The van der Waals surface area contributed by atoms with E-state index in [2.05, 4.69) is 4.98 Å². The van der Waals surface area contributed by atoms with Crippen LogP contribution >= 0.6 is 11.3 Å². The van der Waals surface area contributed by atoms with Crippen molar-refractivity contribution in [3.63, 3.8) is 0 Å². The number of rotatable bonds is 6. The van der Waals surface area contributed by atoms with Crippen molar-refractivity contribution in [3.8, 4) is 0 Å². The van der Waals surface area contributed by atoms with Gasteiger partial charge in [-0.3, -0.25) is 9.59 Å². The normalized spacial score (nSPS) is 11.5. The molecule has 0 aliphatic rings.